The van der Waals surface area contributed by atoms with Crippen LogP contribution in [0, 0.1) is 0 Å². The van der Waals surface area contributed by atoms with E-state index >= 15 is 0 Å². The second kappa shape index (κ2) is 8.84. The Bertz CT molecular complexity index is 900. The smallest absolute Gasteiger partial charge is 0.407 e. The van der Waals surface area contributed by atoms with Gasteiger partial charge in [-0.1, -0.05) is 0 Å². The number of aromatic nitrogens is 4. The SMILES string of the molecule is COCc1cc(C(=O)Nc2cc([C@@H]3C[C@H](OC(=O)NC(C)(C)C)CO3)[nH]n2)n(C)n1. The van der Waals surface area contributed by atoms with Gasteiger partial charge in [0.25, 0.3) is 5.91 Å². The van der Waals surface area contributed by atoms with Crippen molar-refractivity contribution < 1.29 is 23.8 Å². The van der Waals surface area contributed by atoms with Gasteiger partial charge in [-0.3, -0.25) is 14.6 Å². The van der Waals surface area contributed by atoms with Gasteiger partial charge in [-0.15, -0.1) is 0 Å². The number of rotatable bonds is 6. The summed E-state index contributed by atoms with van der Waals surface area (Å²) < 4.78 is 17.6. The molecule has 0 aliphatic carbocycles. The first-order valence-electron chi connectivity index (χ1n) is 9.63. The van der Waals surface area contributed by atoms with E-state index in [1.165, 1.54) is 4.68 Å². The predicted octanol–water partition coefficient (Wildman–Crippen LogP) is 1.90. The van der Waals surface area contributed by atoms with E-state index in [2.05, 4.69) is 25.9 Å². The van der Waals surface area contributed by atoms with E-state index in [1.807, 2.05) is 20.8 Å². The van der Waals surface area contributed by atoms with Crippen LogP contribution < -0.4 is 10.6 Å². The fraction of sp³-hybridized carbons (Fsp3) is 0.579. The van der Waals surface area contributed by atoms with E-state index < -0.39 is 6.09 Å². The van der Waals surface area contributed by atoms with Crippen molar-refractivity contribution in [3.8, 4) is 0 Å². The van der Waals surface area contributed by atoms with E-state index in [1.54, 1.807) is 26.3 Å². The largest absolute Gasteiger partial charge is 0.444 e. The number of nitrogens with zero attached hydrogens (tertiary/aromatic N) is 3. The number of hydrogen-bond donors (Lipinski definition) is 3. The molecule has 0 bridgehead atoms. The highest BCUT2D eigenvalue weighted by molar-refractivity contribution is 6.02. The molecular formula is C19H28N6O5. The Morgan fingerprint density at radius 3 is 2.83 bits per heavy atom. The van der Waals surface area contributed by atoms with Crippen LogP contribution >= 0.6 is 0 Å². The van der Waals surface area contributed by atoms with Gasteiger partial charge in [-0.2, -0.15) is 10.2 Å². The minimum Gasteiger partial charge on any atom is -0.444 e. The van der Waals surface area contributed by atoms with Crippen LogP contribution in [0.15, 0.2) is 12.1 Å². The van der Waals surface area contributed by atoms with Crippen molar-refractivity contribution >= 4 is 17.8 Å². The van der Waals surface area contributed by atoms with Crippen molar-refractivity contribution in [2.24, 2.45) is 7.05 Å². The number of H-pyrrole nitrogens is 1. The summed E-state index contributed by atoms with van der Waals surface area (Å²) in [5, 5.41) is 16.7. The van der Waals surface area contributed by atoms with Crippen LogP contribution in [0.3, 0.4) is 0 Å². The Morgan fingerprint density at radius 2 is 2.13 bits per heavy atom. The van der Waals surface area contributed by atoms with Gasteiger partial charge in [0.15, 0.2) is 5.82 Å². The zero-order valence-electron chi connectivity index (χ0n) is 17.8. The molecule has 0 aromatic carbocycles. The highest BCUT2D eigenvalue weighted by atomic mass is 16.6. The topological polar surface area (TPSA) is 132 Å². The van der Waals surface area contributed by atoms with Crippen LogP contribution in [-0.2, 0) is 27.9 Å². The molecule has 0 radical (unpaired) electrons. The number of carbonyl (C=O) groups excluding carboxylic acids is 2. The zero-order valence-corrected chi connectivity index (χ0v) is 17.8. The summed E-state index contributed by atoms with van der Waals surface area (Å²) in [4.78, 5) is 24.4. The molecule has 2 amide bonds. The Labute approximate surface area is 174 Å². The fourth-order valence-electron chi connectivity index (χ4n) is 3.09. The lowest BCUT2D eigenvalue weighted by atomic mass is 10.1. The van der Waals surface area contributed by atoms with Crippen molar-refractivity contribution in [2.75, 3.05) is 19.0 Å². The molecule has 2 aromatic heterocycles. The quantitative estimate of drug-likeness (QED) is 0.650. The van der Waals surface area contributed by atoms with Crippen LogP contribution in [0.1, 0.15) is 55.2 Å². The average molecular weight is 420 g/mol. The summed E-state index contributed by atoms with van der Waals surface area (Å²) >= 11 is 0. The van der Waals surface area contributed by atoms with Crippen LogP contribution in [0.25, 0.3) is 0 Å². The van der Waals surface area contributed by atoms with Gasteiger partial charge in [0, 0.05) is 32.2 Å². The molecule has 1 saturated heterocycles. The lowest BCUT2D eigenvalue weighted by Gasteiger charge is -2.21. The first-order chi connectivity index (χ1) is 14.1. The van der Waals surface area contributed by atoms with Gasteiger partial charge in [0.1, 0.15) is 17.9 Å². The van der Waals surface area contributed by atoms with Crippen molar-refractivity contribution in [3.05, 3.63) is 29.2 Å². The molecular weight excluding hydrogens is 392 g/mol. The van der Waals surface area contributed by atoms with Crippen LogP contribution in [0.4, 0.5) is 10.6 Å². The summed E-state index contributed by atoms with van der Waals surface area (Å²) in [5.41, 5.74) is 1.37. The average Bonchev–Trinajstić information content (AvgIpc) is 3.34. The normalized spacial score (nSPS) is 19.0. The highest BCUT2D eigenvalue weighted by Gasteiger charge is 2.31. The molecule has 1 aliphatic rings. The summed E-state index contributed by atoms with van der Waals surface area (Å²) in [6.07, 6.45) is -0.638. The third kappa shape index (κ3) is 5.57. The first kappa shape index (κ1) is 21.8. The maximum Gasteiger partial charge on any atom is 0.407 e. The second-order valence-corrected chi connectivity index (χ2v) is 8.20. The minimum atomic E-state index is -0.474. The van der Waals surface area contributed by atoms with Gasteiger partial charge in [0.2, 0.25) is 0 Å². The summed E-state index contributed by atoms with van der Waals surface area (Å²) in [6, 6.07) is 3.36. The van der Waals surface area contributed by atoms with Crippen LogP contribution in [-0.4, -0.2) is 57.3 Å². The Kier molecular flexibility index (Phi) is 6.42. The van der Waals surface area contributed by atoms with Gasteiger partial charge >= 0.3 is 6.09 Å². The van der Waals surface area contributed by atoms with E-state index in [0.29, 0.717) is 42.5 Å². The highest BCUT2D eigenvalue weighted by Crippen LogP contribution is 2.30. The molecule has 1 fully saturated rings. The van der Waals surface area contributed by atoms with Crippen molar-refractivity contribution in [1.82, 2.24) is 25.3 Å². The standard InChI is InChI=1S/C19H28N6O5/c1-19(2,3)21-18(27)30-12-7-15(29-10-12)13-8-16(23-22-13)20-17(26)14-6-11(9-28-5)24-25(14)4/h6,8,12,15H,7,9-10H2,1-5H3,(H,21,27)(H2,20,22,23,26)/t12-,15-/m0/s1. The number of carbonyl (C=O) groups is 2. The third-order valence-corrected chi connectivity index (χ3v) is 4.35. The Balaban J connectivity index is 1.55. The monoisotopic (exact) mass is 420 g/mol. The maximum atomic E-state index is 12.5. The number of alkyl carbamates (subject to hydrolysis) is 1. The number of hydrogen-bond acceptors (Lipinski definition) is 7. The summed E-state index contributed by atoms with van der Waals surface area (Å²) in [6.45, 7) is 6.26. The van der Waals surface area contributed by atoms with Gasteiger partial charge in [-0.05, 0) is 26.8 Å². The fourth-order valence-corrected chi connectivity index (χ4v) is 3.09. The Hall–Kier alpha value is -2.92. The molecule has 11 heteroatoms. The molecule has 30 heavy (non-hydrogen) atoms. The van der Waals surface area contributed by atoms with Crippen LogP contribution in [0.5, 0.6) is 0 Å². The van der Waals surface area contributed by atoms with Crippen molar-refractivity contribution in [3.63, 3.8) is 0 Å². The number of anilines is 1. The number of nitrogens with one attached hydrogen (secondary N) is 3. The molecule has 3 rings (SSSR count). The van der Waals surface area contributed by atoms with E-state index in [-0.39, 0.29) is 23.7 Å². The molecule has 2 atom stereocenters. The number of amides is 2. The lowest BCUT2D eigenvalue weighted by molar-refractivity contribution is 0.0661. The molecule has 3 heterocycles. The molecule has 11 nitrogen and oxygen atoms in total. The summed E-state index contributed by atoms with van der Waals surface area (Å²) in [7, 11) is 3.25. The first-order valence-corrected chi connectivity index (χ1v) is 9.63. The molecule has 164 valence electrons. The summed E-state index contributed by atoms with van der Waals surface area (Å²) in [5.74, 6) is 0.0285. The number of aromatic amines is 1. The van der Waals surface area contributed by atoms with Gasteiger partial charge < -0.3 is 24.8 Å². The lowest BCUT2D eigenvalue weighted by Crippen LogP contribution is -2.42. The van der Waals surface area contributed by atoms with E-state index in [4.69, 9.17) is 14.2 Å². The second-order valence-electron chi connectivity index (χ2n) is 8.20. The van der Waals surface area contributed by atoms with Gasteiger partial charge in [0.05, 0.1) is 24.6 Å². The number of ether oxygens (including phenoxy) is 3. The third-order valence-electron chi connectivity index (χ3n) is 4.35. The van der Waals surface area contributed by atoms with Gasteiger partial charge in [-0.25, -0.2) is 4.79 Å². The maximum absolute atomic E-state index is 12.5. The predicted molar refractivity (Wildman–Crippen MR) is 107 cm³/mol. The Morgan fingerprint density at radius 1 is 1.37 bits per heavy atom. The van der Waals surface area contributed by atoms with Crippen molar-refractivity contribution in [1.29, 1.82) is 0 Å². The number of aryl methyl sites for hydroxylation is 1. The van der Waals surface area contributed by atoms with Crippen molar-refractivity contribution in [2.45, 2.75) is 51.5 Å². The molecule has 3 N–H and O–H groups in total. The van der Waals surface area contributed by atoms with E-state index in [9.17, 15) is 9.59 Å². The minimum absolute atomic E-state index is 0.292. The number of methoxy groups -OCH3 is 1. The van der Waals surface area contributed by atoms with E-state index in [0.717, 1.165) is 0 Å². The molecule has 0 spiro atoms. The molecule has 0 saturated carbocycles. The molecule has 2 aromatic rings. The van der Waals surface area contributed by atoms with Crippen LogP contribution in [0.2, 0.25) is 0 Å². The molecule has 0 unspecified atom stereocenters. The molecule has 1 aliphatic heterocycles. The zero-order chi connectivity index (χ0) is 21.9.